The van der Waals surface area contributed by atoms with Crippen LogP contribution in [0.3, 0.4) is 0 Å². The van der Waals surface area contributed by atoms with E-state index in [9.17, 15) is 14.9 Å². The Balaban J connectivity index is 1.90. The Morgan fingerprint density at radius 3 is 2.41 bits per heavy atom. The Kier molecular flexibility index (Phi) is 7.67. The lowest BCUT2D eigenvalue weighted by Crippen LogP contribution is -2.10. The van der Waals surface area contributed by atoms with E-state index in [0.717, 1.165) is 0 Å². The van der Waals surface area contributed by atoms with Gasteiger partial charge in [-0.3, -0.25) is 4.79 Å². The van der Waals surface area contributed by atoms with Crippen LogP contribution >= 0.6 is 23.2 Å². The van der Waals surface area contributed by atoms with Crippen LogP contribution < -0.4 is 9.47 Å². The maximum absolute atomic E-state index is 12.6. The third kappa shape index (κ3) is 5.55. The molecule has 0 bridgehead atoms. The molecule has 160 valence electrons. The summed E-state index contributed by atoms with van der Waals surface area (Å²) < 4.78 is 11.1. The molecule has 0 aliphatic carbocycles. The zero-order chi connectivity index (χ0) is 23.1. The van der Waals surface area contributed by atoms with Crippen LogP contribution in [0.25, 0.3) is 6.08 Å². The smallest absolute Gasteiger partial charge is 0.345 e. The highest BCUT2D eigenvalue weighted by atomic mass is 35.5. The minimum absolute atomic E-state index is 0.0312. The largest absolute Gasteiger partial charge is 0.490 e. The fraction of sp³-hybridized carbons (Fsp3) is 0.0800. The average molecular weight is 466 g/mol. The number of hydrogen-bond acceptors (Lipinski definition) is 5. The summed E-state index contributed by atoms with van der Waals surface area (Å²) >= 11 is 12.0. The van der Waals surface area contributed by atoms with Gasteiger partial charge < -0.3 is 9.47 Å². The summed E-state index contributed by atoms with van der Waals surface area (Å²) in [5.41, 5.74) is 1.08. The Hall–Kier alpha value is -3.59. The van der Waals surface area contributed by atoms with E-state index in [0.29, 0.717) is 22.8 Å². The van der Waals surface area contributed by atoms with Crippen molar-refractivity contribution >= 4 is 41.0 Å². The summed E-state index contributed by atoms with van der Waals surface area (Å²) in [5.74, 6) is -0.608. The van der Waals surface area contributed by atoms with Gasteiger partial charge in [0, 0.05) is 10.6 Å². The predicted octanol–water partition coefficient (Wildman–Crippen LogP) is 6.40. The monoisotopic (exact) mass is 465 g/mol. The molecule has 0 unspecified atom stereocenters. The second kappa shape index (κ2) is 10.6. The number of esters is 1. The lowest BCUT2D eigenvalue weighted by molar-refractivity contribution is 0.0728. The summed E-state index contributed by atoms with van der Waals surface area (Å²) in [5, 5.41) is 10.0. The van der Waals surface area contributed by atoms with Gasteiger partial charge in [-0.1, -0.05) is 59.6 Å². The molecule has 0 aromatic heterocycles. The minimum atomic E-state index is -0.673. The first-order chi connectivity index (χ1) is 15.4. The Morgan fingerprint density at radius 1 is 1.00 bits per heavy atom. The highest BCUT2D eigenvalue weighted by Gasteiger charge is 2.17. The molecule has 0 aliphatic rings. The third-order valence-corrected chi connectivity index (χ3v) is 4.88. The van der Waals surface area contributed by atoms with E-state index in [1.54, 1.807) is 49.4 Å². The maximum Gasteiger partial charge on any atom is 0.345 e. The van der Waals surface area contributed by atoms with Crippen LogP contribution in [0.1, 0.15) is 33.2 Å². The number of carbonyl (C=O) groups is 2. The fourth-order valence-electron chi connectivity index (χ4n) is 2.84. The van der Waals surface area contributed by atoms with Crippen molar-refractivity contribution in [3.63, 3.8) is 0 Å². The van der Waals surface area contributed by atoms with Crippen LogP contribution in [0.15, 0.2) is 72.3 Å². The van der Waals surface area contributed by atoms with Crippen molar-refractivity contribution in [1.29, 1.82) is 5.26 Å². The van der Waals surface area contributed by atoms with Gasteiger partial charge in [-0.25, -0.2) is 4.79 Å². The van der Waals surface area contributed by atoms with E-state index < -0.39 is 5.97 Å². The van der Waals surface area contributed by atoms with Crippen molar-refractivity contribution in [2.45, 2.75) is 6.92 Å². The molecule has 0 aliphatic heterocycles. The maximum atomic E-state index is 12.6. The van der Waals surface area contributed by atoms with Gasteiger partial charge in [0.25, 0.3) is 0 Å². The number of nitrogens with zero attached hydrogens (tertiary/aromatic N) is 1. The molecule has 0 saturated heterocycles. The van der Waals surface area contributed by atoms with Crippen LogP contribution in [0.5, 0.6) is 11.5 Å². The van der Waals surface area contributed by atoms with Crippen molar-refractivity contribution in [3.8, 4) is 17.6 Å². The molecule has 3 aromatic rings. The molecule has 0 heterocycles. The van der Waals surface area contributed by atoms with Gasteiger partial charge in [0.15, 0.2) is 11.5 Å². The molecular weight excluding hydrogens is 449 g/mol. The standard InChI is InChI=1S/C25H17Cl2NO4/c1-2-31-23-13-16(12-18(15-28)24(29)17-6-4-3-5-7-17)8-11-22(23)32-25(30)20-10-9-19(26)14-21(20)27/h3-14H,2H2,1H3/b18-12+. The normalized spacial score (nSPS) is 10.9. The number of hydrogen-bond donors (Lipinski definition) is 0. The van der Waals surface area contributed by atoms with Crippen LogP contribution in [0, 0.1) is 11.3 Å². The minimum Gasteiger partial charge on any atom is -0.490 e. The van der Waals surface area contributed by atoms with E-state index in [2.05, 4.69) is 0 Å². The zero-order valence-corrected chi connectivity index (χ0v) is 18.5. The van der Waals surface area contributed by atoms with Gasteiger partial charge in [0.2, 0.25) is 5.78 Å². The molecule has 7 heteroatoms. The van der Waals surface area contributed by atoms with Crippen LogP contribution in [0.4, 0.5) is 0 Å². The number of allylic oxidation sites excluding steroid dienone is 1. The van der Waals surface area contributed by atoms with Gasteiger partial charge in [-0.2, -0.15) is 5.26 Å². The highest BCUT2D eigenvalue weighted by Crippen LogP contribution is 2.31. The van der Waals surface area contributed by atoms with Crippen molar-refractivity contribution in [2.24, 2.45) is 0 Å². The average Bonchev–Trinajstić information content (AvgIpc) is 2.79. The summed E-state index contributed by atoms with van der Waals surface area (Å²) in [6.45, 7) is 2.09. The summed E-state index contributed by atoms with van der Waals surface area (Å²) in [6, 6.07) is 19.7. The van der Waals surface area contributed by atoms with Gasteiger partial charge in [0.05, 0.1) is 17.2 Å². The molecule has 32 heavy (non-hydrogen) atoms. The van der Waals surface area contributed by atoms with Gasteiger partial charge in [-0.05, 0) is 48.9 Å². The highest BCUT2D eigenvalue weighted by molar-refractivity contribution is 6.36. The summed E-state index contributed by atoms with van der Waals surface area (Å²) in [7, 11) is 0. The molecule has 0 fully saturated rings. The Labute approximate surface area is 195 Å². The zero-order valence-electron chi connectivity index (χ0n) is 17.0. The van der Waals surface area contributed by atoms with Crippen molar-refractivity contribution in [1.82, 2.24) is 0 Å². The number of ether oxygens (including phenoxy) is 2. The van der Waals surface area contributed by atoms with E-state index >= 15 is 0 Å². The van der Waals surface area contributed by atoms with Gasteiger partial charge >= 0.3 is 5.97 Å². The SMILES string of the molecule is CCOc1cc(/C=C(\C#N)C(=O)c2ccccc2)ccc1OC(=O)c1ccc(Cl)cc1Cl. The molecule has 0 spiro atoms. The molecular formula is C25H17Cl2NO4. The second-order valence-electron chi connectivity index (χ2n) is 6.52. The van der Waals surface area contributed by atoms with Crippen molar-refractivity contribution < 1.29 is 19.1 Å². The third-order valence-electron chi connectivity index (χ3n) is 4.33. The topological polar surface area (TPSA) is 76.4 Å². The lowest BCUT2D eigenvalue weighted by atomic mass is 10.0. The molecule has 5 nitrogen and oxygen atoms in total. The molecule has 0 amide bonds. The first-order valence-corrected chi connectivity index (χ1v) is 10.3. The first kappa shape index (κ1) is 23.1. The number of nitriles is 1. The fourth-order valence-corrected chi connectivity index (χ4v) is 3.32. The summed E-state index contributed by atoms with van der Waals surface area (Å²) in [4.78, 5) is 25.2. The van der Waals surface area contributed by atoms with Gasteiger partial charge in [0.1, 0.15) is 11.6 Å². The van der Waals surface area contributed by atoms with E-state index in [4.69, 9.17) is 32.7 Å². The van der Waals surface area contributed by atoms with E-state index in [1.807, 2.05) is 6.07 Å². The molecule has 3 aromatic carbocycles. The molecule has 0 radical (unpaired) electrons. The molecule has 0 saturated carbocycles. The predicted molar refractivity (Wildman–Crippen MR) is 123 cm³/mol. The second-order valence-corrected chi connectivity index (χ2v) is 7.36. The number of halogens is 2. The van der Waals surface area contributed by atoms with Crippen molar-refractivity contribution in [3.05, 3.63) is 99.0 Å². The van der Waals surface area contributed by atoms with Crippen LogP contribution in [0.2, 0.25) is 10.0 Å². The Morgan fingerprint density at radius 2 is 1.75 bits per heavy atom. The van der Waals surface area contributed by atoms with E-state index in [-0.39, 0.29) is 33.4 Å². The number of rotatable bonds is 7. The number of ketones is 1. The number of Topliss-reactive ketones (excluding diaryl/α,β-unsaturated/α-hetero) is 1. The molecule has 3 rings (SSSR count). The van der Waals surface area contributed by atoms with E-state index in [1.165, 1.54) is 30.3 Å². The van der Waals surface area contributed by atoms with Crippen LogP contribution in [-0.4, -0.2) is 18.4 Å². The van der Waals surface area contributed by atoms with Gasteiger partial charge in [-0.15, -0.1) is 0 Å². The number of carbonyl (C=O) groups excluding carboxylic acids is 2. The first-order valence-electron chi connectivity index (χ1n) is 9.58. The van der Waals surface area contributed by atoms with Crippen molar-refractivity contribution in [2.75, 3.05) is 6.61 Å². The lowest BCUT2D eigenvalue weighted by Gasteiger charge is -2.12. The molecule has 0 atom stereocenters. The van der Waals surface area contributed by atoms with Crippen LogP contribution in [-0.2, 0) is 0 Å². The summed E-state index contributed by atoms with van der Waals surface area (Å²) in [6.07, 6.45) is 1.46. The Bertz CT molecular complexity index is 1230. The number of benzene rings is 3. The molecule has 0 N–H and O–H groups in total. The quantitative estimate of drug-likeness (QED) is 0.132.